The van der Waals surface area contributed by atoms with Crippen molar-refractivity contribution < 1.29 is 18.3 Å². The molecule has 1 atom stereocenters. The van der Waals surface area contributed by atoms with E-state index in [0.29, 0.717) is 19.0 Å². The Hall–Kier alpha value is -1.47. The quantitative estimate of drug-likeness (QED) is 0.145. The molecule has 0 bridgehead atoms. The summed E-state index contributed by atoms with van der Waals surface area (Å²) in [6.45, 7) is 2.81. The molecule has 0 aliphatic rings. The van der Waals surface area contributed by atoms with Crippen molar-refractivity contribution >= 4 is 41.7 Å². The first-order valence-corrected chi connectivity index (χ1v) is 10.2. The Morgan fingerprint density at radius 3 is 2.50 bits per heavy atom. The number of hydrogen-bond acceptors (Lipinski definition) is 4. The van der Waals surface area contributed by atoms with Crippen LogP contribution in [0.5, 0.6) is 0 Å². The molecule has 2 aromatic rings. The van der Waals surface area contributed by atoms with Crippen molar-refractivity contribution in [1.29, 1.82) is 0 Å². The minimum absolute atomic E-state index is 0. The lowest BCUT2D eigenvalue weighted by atomic mass is 9.98. The highest BCUT2D eigenvalue weighted by Gasteiger charge is 2.57. The van der Waals surface area contributed by atoms with E-state index in [4.69, 9.17) is 0 Å². The molecule has 11 heteroatoms. The van der Waals surface area contributed by atoms with E-state index in [2.05, 4.69) is 20.6 Å². The van der Waals surface area contributed by atoms with Crippen molar-refractivity contribution in [2.75, 3.05) is 25.4 Å². The number of aryl methyl sites for hydroxylation is 1. The van der Waals surface area contributed by atoms with E-state index in [9.17, 15) is 18.3 Å². The van der Waals surface area contributed by atoms with E-state index in [-0.39, 0.29) is 30.5 Å². The van der Waals surface area contributed by atoms with Crippen molar-refractivity contribution in [2.24, 2.45) is 12.0 Å². The summed E-state index contributed by atoms with van der Waals surface area (Å²) in [5.41, 5.74) is -3.06. The highest BCUT2D eigenvalue weighted by Crippen LogP contribution is 2.40. The van der Waals surface area contributed by atoms with E-state index >= 15 is 0 Å². The first kappa shape index (κ1) is 26.6. The molecule has 0 spiro atoms. The maximum atomic E-state index is 13.5. The minimum atomic E-state index is -4.86. The Morgan fingerprint density at radius 1 is 1.23 bits per heavy atom. The van der Waals surface area contributed by atoms with Gasteiger partial charge in [-0.1, -0.05) is 18.2 Å². The molecule has 168 valence electrons. The highest BCUT2D eigenvalue weighted by atomic mass is 127. The molecule has 0 saturated carbocycles. The van der Waals surface area contributed by atoms with E-state index < -0.39 is 24.0 Å². The predicted octanol–water partition coefficient (Wildman–Crippen LogP) is 3.53. The summed E-state index contributed by atoms with van der Waals surface area (Å²) in [7, 11) is 1.42. The van der Waals surface area contributed by atoms with Crippen LogP contribution in [-0.4, -0.2) is 52.2 Å². The second kappa shape index (κ2) is 12.4. The first-order valence-electron chi connectivity index (χ1n) is 9.25. The number of halogens is 4. The zero-order chi connectivity index (χ0) is 21.3. The maximum Gasteiger partial charge on any atom is 0.424 e. The Balaban J connectivity index is 0.00000450. The molecule has 1 heterocycles. The maximum absolute atomic E-state index is 13.5. The van der Waals surface area contributed by atoms with Crippen LogP contribution in [0.1, 0.15) is 19.2 Å². The Bertz CT molecular complexity index is 788. The molecule has 1 unspecified atom stereocenters. The normalized spacial score (nSPS) is 14.0. The average Bonchev–Trinajstić information content (AvgIpc) is 3.11. The lowest BCUT2D eigenvalue weighted by Crippen LogP contribution is -2.45. The fourth-order valence-electron chi connectivity index (χ4n) is 2.67. The number of benzene rings is 1. The molecule has 3 N–H and O–H groups in total. The van der Waals surface area contributed by atoms with E-state index in [0.717, 1.165) is 10.6 Å². The number of alkyl halides is 3. The predicted molar refractivity (Wildman–Crippen MR) is 124 cm³/mol. The lowest BCUT2D eigenvalue weighted by Gasteiger charge is -2.29. The summed E-state index contributed by atoms with van der Waals surface area (Å²) < 4.78 is 41.8. The monoisotopic (exact) mass is 557 g/mol. The number of hydrogen-bond donors (Lipinski definition) is 3. The smallest absolute Gasteiger partial charge is 0.374 e. The van der Waals surface area contributed by atoms with Gasteiger partial charge in [-0.25, -0.2) is 4.98 Å². The third-order valence-corrected chi connectivity index (χ3v) is 5.17. The van der Waals surface area contributed by atoms with Gasteiger partial charge in [0.25, 0.3) is 0 Å². The van der Waals surface area contributed by atoms with Crippen LogP contribution in [0.25, 0.3) is 0 Å². The van der Waals surface area contributed by atoms with Gasteiger partial charge in [0.15, 0.2) is 5.96 Å². The molecule has 30 heavy (non-hydrogen) atoms. The van der Waals surface area contributed by atoms with Crippen LogP contribution in [0, 0.1) is 0 Å². The number of guanidine groups is 1. The lowest BCUT2D eigenvalue weighted by molar-refractivity contribution is -0.272. The molecule has 2 rings (SSSR count). The van der Waals surface area contributed by atoms with Gasteiger partial charge in [-0.2, -0.15) is 13.2 Å². The Labute approximate surface area is 195 Å². The number of imidazole rings is 1. The third-order valence-electron chi connectivity index (χ3n) is 4.15. The Morgan fingerprint density at radius 2 is 1.93 bits per heavy atom. The molecule has 0 radical (unpaired) electrons. The highest BCUT2D eigenvalue weighted by molar-refractivity contribution is 14.0. The zero-order valence-corrected chi connectivity index (χ0v) is 20.0. The standard InChI is InChI=1S/C19H26F3N5OS.HI/c1-3-23-17(26-12-14-29-15-7-5-4-6-8-15)25-10-9-18(28,19(20,21)22)16-24-11-13-27(16)2;/h4-8,11,13,28H,3,9-10,12,14H2,1-2H3,(H2,23,25,26);1H. The van der Waals surface area contributed by atoms with Crippen LogP contribution in [0.15, 0.2) is 52.6 Å². The summed E-state index contributed by atoms with van der Waals surface area (Å²) in [5.74, 6) is 0.733. The topological polar surface area (TPSA) is 74.5 Å². The van der Waals surface area contributed by atoms with E-state index in [1.807, 2.05) is 37.3 Å². The molecule has 0 aliphatic heterocycles. The first-order chi connectivity index (χ1) is 13.8. The van der Waals surface area contributed by atoms with Crippen LogP contribution >= 0.6 is 35.7 Å². The number of nitrogens with zero attached hydrogens (tertiary/aromatic N) is 3. The molecule has 6 nitrogen and oxygen atoms in total. The summed E-state index contributed by atoms with van der Waals surface area (Å²) in [6, 6.07) is 9.90. The number of nitrogens with one attached hydrogen (secondary N) is 2. The van der Waals surface area contributed by atoms with Crippen LogP contribution in [-0.2, 0) is 12.6 Å². The van der Waals surface area contributed by atoms with Crippen LogP contribution in [0.2, 0.25) is 0 Å². The molecule has 1 aromatic carbocycles. The van der Waals surface area contributed by atoms with Gasteiger partial charge in [-0.05, 0) is 19.1 Å². The van der Waals surface area contributed by atoms with Crippen LogP contribution in [0.3, 0.4) is 0 Å². The van der Waals surface area contributed by atoms with E-state index in [1.54, 1.807) is 11.8 Å². The summed E-state index contributed by atoms with van der Waals surface area (Å²) in [6.07, 6.45) is -2.90. The number of rotatable bonds is 9. The molecule has 0 amide bonds. The third kappa shape index (κ3) is 7.34. The number of aliphatic hydroxyl groups is 1. The van der Waals surface area contributed by atoms with Crippen LogP contribution < -0.4 is 10.6 Å². The van der Waals surface area contributed by atoms with Gasteiger partial charge in [0.1, 0.15) is 5.82 Å². The summed E-state index contributed by atoms with van der Waals surface area (Å²) >= 11 is 1.67. The van der Waals surface area contributed by atoms with Gasteiger partial charge in [-0.15, -0.1) is 35.7 Å². The fourth-order valence-corrected chi connectivity index (χ4v) is 3.46. The van der Waals surface area contributed by atoms with Gasteiger partial charge in [0, 0.05) is 56.1 Å². The molecular formula is C19H27F3IN5OS. The molecule has 0 saturated heterocycles. The van der Waals surface area contributed by atoms with Crippen molar-refractivity contribution in [2.45, 2.75) is 30.0 Å². The van der Waals surface area contributed by atoms with E-state index in [1.165, 1.54) is 24.0 Å². The summed E-state index contributed by atoms with van der Waals surface area (Å²) in [4.78, 5) is 9.01. The minimum Gasteiger partial charge on any atom is -0.374 e. The van der Waals surface area contributed by atoms with Gasteiger partial charge in [-0.3, -0.25) is 4.99 Å². The Kier molecular flexibility index (Phi) is 11.0. The summed E-state index contributed by atoms with van der Waals surface area (Å²) in [5, 5.41) is 16.4. The second-order valence-corrected chi connectivity index (χ2v) is 7.49. The SMILES string of the molecule is CCNC(=NCCC(O)(c1nccn1C)C(F)(F)F)NCCSc1ccccc1.I. The van der Waals surface area contributed by atoms with Gasteiger partial charge < -0.3 is 20.3 Å². The molecule has 0 aliphatic carbocycles. The molecule has 1 aromatic heterocycles. The van der Waals surface area contributed by atoms with Gasteiger partial charge >= 0.3 is 6.18 Å². The van der Waals surface area contributed by atoms with Gasteiger partial charge in [0.2, 0.25) is 5.60 Å². The van der Waals surface area contributed by atoms with Crippen molar-refractivity contribution in [3.8, 4) is 0 Å². The van der Waals surface area contributed by atoms with Crippen molar-refractivity contribution in [1.82, 2.24) is 20.2 Å². The molecular weight excluding hydrogens is 530 g/mol. The number of thioether (sulfide) groups is 1. The molecule has 0 fully saturated rings. The largest absolute Gasteiger partial charge is 0.424 e. The van der Waals surface area contributed by atoms with Gasteiger partial charge in [0.05, 0.1) is 0 Å². The van der Waals surface area contributed by atoms with Crippen molar-refractivity contribution in [3.63, 3.8) is 0 Å². The average molecular weight is 557 g/mol. The fraction of sp³-hybridized carbons (Fsp3) is 0.474. The number of aliphatic imine (C=N–C) groups is 1. The zero-order valence-electron chi connectivity index (χ0n) is 16.8. The number of aromatic nitrogens is 2. The second-order valence-electron chi connectivity index (χ2n) is 6.32. The van der Waals surface area contributed by atoms with Crippen LogP contribution in [0.4, 0.5) is 13.2 Å². The van der Waals surface area contributed by atoms with Crippen molar-refractivity contribution in [3.05, 3.63) is 48.5 Å².